The van der Waals surface area contributed by atoms with Gasteiger partial charge in [0.05, 0.1) is 0 Å². The second kappa shape index (κ2) is 4.11. The van der Waals surface area contributed by atoms with Gasteiger partial charge in [-0.15, -0.1) is 0 Å². The topological polar surface area (TPSA) is 37.8 Å². The van der Waals surface area contributed by atoms with Crippen LogP contribution in [0, 0.1) is 3.57 Å². The summed E-state index contributed by atoms with van der Waals surface area (Å²) in [6.45, 7) is 2.07. The molecule has 0 bridgehead atoms. The molecule has 0 amide bonds. The Hall–Kier alpha value is -0.600. The Morgan fingerprint density at radius 1 is 1.20 bits per heavy atom. The van der Waals surface area contributed by atoms with Gasteiger partial charge in [0.25, 0.3) is 0 Å². The van der Waals surface area contributed by atoms with Crippen molar-refractivity contribution in [1.82, 2.24) is 9.97 Å². The highest BCUT2D eigenvalue weighted by molar-refractivity contribution is 14.1. The van der Waals surface area contributed by atoms with Crippen LogP contribution < -0.4 is 5.32 Å². The summed E-state index contributed by atoms with van der Waals surface area (Å²) in [6, 6.07) is 0. The zero-order valence-corrected chi connectivity index (χ0v) is 10.2. The number of anilines is 1. The average Bonchev–Trinajstić information content (AvgIpc) is 2.06. The fourth-order valence-corrected chi connectivity index (χ4v) is 1.01. The molecule has 0 radical (unpaired) electrons. The molecular weight excluding hydrogens is 322 g/mol. The van der Waals surface area contributed by atoms with Crippen molar-refractivity contribution >= 4 is 28.5 Å². The first-order valence-electron chi connectivity index (χ1n) is 4.05. The quantitative estimate of drug-likeness (QED) is 0.847. The number of nitrogens with zero attached hydrogens (tertiary/aromatic N) is 2. The van der Waals surface area contributed by atoms with Crippen molar-refractivity contribution < 1.29 is 13.2 Å². The van der Waals surface area contributed by atoms with Crippen molar-refractivity contribution in [3.63, 3.8) is 0 Å². The van der Waals surface area contributed by atoms with Gasteiger partial charge in [-0.25, -0.2) is 9.97 Å². The maximum Gasteiger partial charge on any atom is 0.410 e. The van der Waals surface area contributed by atoms with Crippen LogP contribution >= 0.6 is 22.6 Å². The Balaban J connectivity index is 2.82. The van der Waals surface area contributed by atoms with E-state index in [4.69, 9.17) is 0 Å². The van der Waals surface area contributed by atoms with E-state index in [0.29, 0.717) is 0 Å². The first-order valence-corrected chi connectivity index (χ1v) is 5.13. The number of halogens is 4. The molecule has 0 saturated heterocycles. The normalized spacial score (nSPS) is 12.7. The van der Waals surface area contributed by atoms with Crippen molar-refractivity contribution in [1.29, 1.82) is 0 Å². The van der Waals surface area contributed by atoms with Crippen molar-refractivity contribution in [2.45, 2.75) is 25.6 Å². The molecule has 0 aliphatic rings. The largest absolute Gasteiger partial charge is 0.410 e. The summed E-state index contributed by atoms with van der Waals surface area (Å²) in [7, 11) is 0. The van der Waals surface area contributed by atoms with Gasteiger partial charge >= 0.3 is 6.18 Å². The van der Waals surface area contributed by atoms with Gasteiger partial charge in [0, 0.05) is 16.0 Å². The van der Waals surface area contributed by atoms with Crippen molar-refractivity contribution in [3.05, 3.63) is 16.0 Å². The van der Waals surface area contributed by atoms with E-state index in [2.05, 4.69) is 15.3 Å². The highest BCUT2D eigenvalue weighted by atomic mass is 127. The minimum atomic E-state index is -4.35. The molecule has 84 valence electrons. The molecule has 1 rings (SSSR count). The van der Waals surface area contributed by atoms with E-state index in [-0.39, 0.29) is 5.95 Å². The maximum absolute atomic E-state index is 12.5. The lowest BCUT2D eigenvalue weighted by atomic mass is 10.1. The van der Waals surface area contributed by atoms with Gasteiger partial charge in [-0.05, 0) is 36.4 Å². The molecule has 3 nitrogen and oxygen atoms in total. The van der Waals surface area contributed by atoms with Crippen LogP contribution in [-0.4, -0.2) is 21.7 Å². The zero-order chi connectivity index (χ0) is 11.7. The summed E-state index contributed by atoms with van der Waals surface area (Å²) in [5.41, 5.74) is -2.04. The van der Waals surface area contributed by atoms with Crippen LogP contribution in [0.15, 0.2) is 12.4 Å². The molecule has 0 aliphatic carbocycles. The fraction of sp³-hybridized carbons (Fsp3) is 0.500. The van der Waals surface area contributed by atoms with Crippen molar-refractivity contribution in [3.8, 4) is 0 Å². The molecular formula is C8H9F3IN3. The summed E-state index contributed by atoms with van der Waals surface area (Å²) >= 11 is 1.97. The van der Waals surface area contributed by atoms with Gasteiger partial charge in [-0.3, -0.25) is 0 Å². The summed E-state index contributed by atoms with van der Waals surface area (Å²) in [4.78, 5) is 7.49. The minimum Gasteiger partial charge on any atom is -0.340 e. The summed E-state index contributed by atoms with van der Waals surface area (Å²) in [5, 5.41) is 2.23. The average molecular weight is 331 g/mol. The van der Waals surface area contributed by atoms with E-state index in [0.717, 1.165) is 17.4 Å². The molecule has 0 aliphatic heterocycles. The molecule has 0 aromatic carbocycles. The summed E-state index contributed by atoms with van der Waals surface area (Å²) < 4.78 is 38.2. The van der Waals surface area contributed by atoms with Crippen LogP contribution in [0.5, 0.6) is 0 Å². The van der Waals surface area contributed by atoms with Gasteiger partial charge in [0.15, 0.2) is 0 Å². The number of rotatable bonds is 2. The number of aromatic nitrogens is 2. The molecule has 1 aromatic heterocycles. The molecule has 0 fully saturated rings. The van der Waals surface area contributed by atoms with Crippen LogP contribution in [0.1, 0.15) is 13.8 Å². The molecule has 1 N–H and O–H groups in total. The van der Waals surface area contributed by atoms with E-state index < -0.39 is 11.7 Å². The Bertz CT molecular complexity index is 334. The second-order valence-corrected chi connectivity index (χ2v) is 4.72. The SMILES string of the molecule is CC(C)(Nc1ncc(I)cn1)C(F)(F)F. The minimum absolute atomic E-state index is 0.0299. The van der Waals surface area contributed by atoms with Crippen molar-refractivity contribution in [2.24, 2.45) is 0 Å². The third-order valence-corrected chi connectivity index (χ3v) is 2.31. The molecule has 7 heteroatoms. The van der Waals surface area contributed by atoms with Crippen LogP contribution in [0.3, 0.4) is 0 Å². The lowest BCUT2D eigenvalue weighted by Crippen LogP contribution is -2.46. The molecule has 0 atom stereocenters. The van der Waals surface area contributed by atoms with Gasteiger partial charge < -0.3 is 5.32 Å². The van der Waals surface area contributed by atoms with Crippen molar-refractivity contribution in [2.75, 3.05) is 5.32 Å². The first-order chi connectivity index (χ1) is 6.72. The van der Waals surface area contributed by atoms with E-state index in [1.54, 1.807) is 0 Å². The lowest BCUT2D eigenvalue weighted by Gasteiger charge is -2.28. The molecule has 0 spiro atoms. The third-order valence-electron chi connectivity index (χ3n) is 1.75. The highest BCUT2D eigenvalue weighted by Gasteiger charge is 2.47. The van der Waals surface area contributed by atoms with Gasteiger partial charge in [0.1, 0.15) is 5.54 Å². The standard InChI is InChI=1S/C8H9F3IN3/c1-7(2,8(9,10)11)15-6-13-3-5(12)4-14-6/h3-4H,1-2H3,(H,13,14,15). The third kappa shape index (κ3) is 3.18. The first kappa shape index (κ1) is 12.5. The molecule has 15 heavy (non-hydrogen) atoms. The van der Waals surface area contributed by atoms with Crippen LogP contribution in [-0.2, 0) is 0 Å². The monoisotopic (exact) mass is 331 g/mol. The second-order valence-electron chi connectivity index (χ2n) is 3.47. The Morgan fingerprint density at radius 2 is 1.67 bits per heavy atom. The van der Waals surface area contributed by atoms with E-state index in [1.807, 2.05) is 22.6 Å². The molecule has 1 aromatic rings. The van der Waals surface area contributed by atoms with E-state index in [1.165, 1.54) is 12.4 Å². The van der Waals surface area contributed by atoms with Gasteiger partial charge in [-0.1, -0.05) is 0 Å². The molecule has 1 heterocycles. The predicted molar refractivity (Wildman–Crippen MR) is 58.5 cm³/mol. The number of hydrogen-bond acceptors (Lipinski definition) is 3. The van der Waals surface area contributed by atoms with Crippen LogP contribution in [0.25, 0.3) is 0 Å². The lowest BCUT2D eigenvalue weighted by molar-refractivity contribution is -0.168. The fourth-order valence-electron chi connectivity index (χ4n) is 0.727. The Kier molecular flexibility index (Phi) is 3.41. The van der Waals surface area contributed by atoms with Gasteiger partial charge in [-0.2, -0.15) is 13.2 Å². The maximum atomic E-state index is 12.5. The number of alkyl halides is 3. The molecule has 0 saturated carbocycles. The smallest absolute Gasteiger partial charge is 0.340 e. The highest BCUT2D eigenvalue weighted by Crippen LogP contribution is 2.31. The van der Waals surface area contributed by atoms with Crippen LogP contribution in [0.2, 0.25) is 0 Å². The summed E-state index contributed by atoms with van der Waals surface area (Å²) in [5.74, 6) is -0.0299. The van der Waals surface area contributed by atoms with Crippen LogP contribution in [0.4, 0.5) is 19.1 Å². The van der Waals surface area contributed by atoms with E-state index in [9.17, 15) is 13.2 Å². The zero-order valence-electron chi connectivity index (χ0n) is 8.06. The number of nitrogens with one attached hydrogen (secondary N) is 1. The Morgan fingerprint density at radius 3 is 2.07 bits per heavy atom. The molecule has 0 unspecified atom stereocenters. The van der Waals surface area contributed by atoms with E-state index >= 15 is 0 Å². The summed E-state index contributed by atoms with van der Waals surface area (Å²) in [6.07, 6.45) is -1.45. The Labute approximate surface area is 98.6 Å². The predicted octanol–water partition coefficient (Wildman–Crippen LogP) is 2.83. The number of hydrogen-bond donors (Lipinski definition) is 1. The van der Waals surface area contributed by atoms with Gasteiger partial charge in [0.2, 0.25) is 5.95 Å².